The largest absolute Gasteiger partial charge is 0.374 e. The zero-order valence-electron chi connectivity index (χ0n) is 9.47. The van der Waals surface area contributed by atoms with Crippen molar-refractivity contribution in [3.8, 4) is 0 Å². The van der Waals surface area contributed by atoms with Gasteiger partial charge in [-0.05, 0) is 18.6 Å². The monoisotopic (exact) mass is 284 g/mol. The van der Waals surface area contributed by atoms with Crippen LogP contribution in [0.1, 0.15) is 12.5 Å². The average Bonchev–Trinajstić information content (AvgIpc) is 2.33. The van der Waals surface area contributed by atoms with Crippen LogP contribution in [0.3, 0.4) is 0 Å². The molecule has 0 aliphatic carbocycles. The second-order valence-electron chi connectivity index (χ2n) is 4.25. The first-order valence-electron chi connectivity index (χ1n) is 5.60. The zero-order valence-corrected chi connectivity index (χ0v) is 11.1. The molecule has 0 N–H and O–H groups in total. The lowest BCUT2D eigenvalue weighted by Gasteiger charge is -2.37. The lowest BCUT2D eigenvalue weighted by Crippen LogP contribution is -2.48. The Hall–Kier alpha value is -0.450. The molecule has 0 bridgehead atoms. The van der Waals surface area contributed by atoms with E-state index in [-0.39, 0.29) is 0 Å². The molecule has 0 spiro atoms. The number of hydrogen-bond donors (Lipinski definition) is 0. The van der Waals surface area contributed by atoms with Crippen LogP contribution >= 0.6 is 15.9 Å². The molecular weight excluding hydrogens is 268 g/mol. The van der Waals surface area contributed by atoms with Gasteiger partial charge in [0.15, 0.2) is 0 Å². The second-order valence-corrected chi connectivity index (χ2v) is 4.90. The van der Waals surface area contributed by atoms with E-state index in [0.717, 1.165) is 25.0 Å². The van der Waals surface area contributed by atoms with E-state index in [4.69, 9.17) is 4.74 Å². The van der Waals surface area contributed by atoms with Crippen molar-refractivity contribution in [3.63, 3.8) is 0 Å². The highest BCUT2D eigenvalue weighted by atomic mass is 79.9. The number of ether oxygens (including phenoxy) is 1. The summed E-state index contributed by atoms with van der Waals surface area (Å²) in [5.41, 5.74) is 1.27. The highest BCUT2D eigenvalue weighted by molar-refractivity contribution is 9.09. The van der Waals surface area contributed by atoms with Crippen molar-refractivity contribution >= 4 is 15.9 Å². The van der Waals surface area contributed by atoms with E-state index in [1.54, 1.807) is 0 Å². The first-order valence-corrected chi connectivity index (χ1v) is 6.72. The highest BCUT2D eigenvalue weighted by Crippen LogP contribution is 2.16. The van der Waals surface area contributed by atoms with Crippen LogP contribution in [0.5, 0.6) is 0 Å². The Bertz CT molecular complexity index is 320. The van der Waals surface area contributed by atoms with Crippen molar-refractivity contribution in [3.05, 3.63) is 30.1 Å². The maximum absolute atomic E-state index is 5.70. The van der Waals surface area contributed by atoms with Crippen molar-refractivity contribution < 1.29 is 4.74 Å². The fourth-order valence-electron chi connectivity index (χ4n) is 1.91. The Labute approximate surface area is 105 Å². The van der Waals surface area contributed by atoms with Crippen molar-refractivity contribution in [1.82, 2.24) is 9.88 Å². The van der Waals surface area contributed by atoms with Gasteiger partial charge in [0.25, 0.3) is 0 Å². The van der Waals surface area contributed by atoms with Gasteiger partial charge in [-0.2, -0.15) is 0 Å². The van der Waals surface area contributed by atoms with E-state index in [9.17, 15) is 0 Å². The fourth-order valence-corrected chi connectivity index (χ4v) is 2.31. The summed E-state index contributed by atoms with van der Waals surface area (Å²) in [6.45, 7) is 4.97. The molecule has 0 aromatic carbocycles. The maximum Gasteiger partial charge on any atom is 0.0799 e. The van der Waals surface area contributed by atoms with Crippen LogP contribution < -0.4 is 0 Å². The molecule has 16 heavy (non-hydrogen) atoms. The van der Waals surface area contributed by atoms with Gasteiger partial charge in [0, 0.05) is 36.9 Å². The van der Waals surface area contributed by atoms with Gasteiger partial charge < -0.3 is 4.74 Å². The topological polar surface area (TPSA) is 25.4 Å². The van der Waals surface area contributed by atoms with E-state index in [2.05, 4.69) is 38.8 Å². The molecule has 1 aromatic rings. The van der Waals surface area contributed by atoms with Gasteiger partial charge in [-0.25, -0.2) is 0 Å². The molecule has 0 radical (unpaired) electrons. The Morgan fingerprint density at radius 2 is 2.50 bits per heavy atom. The SMILES string of the molecule is CC1COC(CBr)CN1Cc1cccnc1. The van der Waals surface area contributed by atoms with E-state index < -0.39 is 0 Å². The third kappa shape index (κ3) is 3.03. The van der Waals surface area contributed by atoms with Crippen LogP contribution in [0.15, 0.2) is 24.5 Å². The van der Waals surface area contributed by atoms with Crippen molar-refractivity contribution in [2.75, 3.05) is 18.5 Å². The number of pyridine rings is 1. The summed E-state index contributed by atoms with van der Waals surface area (Å²) >= 11 is 3.48. The molecule has 0 saturated carbocycles. The highest BCUT2D eigenvalue weighted by Gasteiger charge is 2.25. The van der Waals surface area contributed by atoms with Crippen LogP contribution in [0.4, 0.5) is 0 Å². The quantitative estimate of drug-likeness (QED) is 0.795. The molecular formula is C12H17BrN2O. The Balaban J connectivity index is 1.97. The van der Waals surface area contributed by atoms with Crippen molar-refractivity contribution in [2.24, 2.45) is 0 Å². The summed E-state index contributed by atoms with van der Waals surface area (Å²) < 4.78 is 5.70. The lowest BCUT2D eigenvalue weighted by molar-refractivity contribution is -0.0500. The third-order valence-electron chi connectivity index (χ3n) is 2.92. The molecule has 1 aromatic heterocycles. The molecule has 4 heteroatoms. The molecule has 1 aliphatic rings. The second kappa shape index (κ2) is 5.75. The van der Waals surface area contributed by atoms with Gasteiger partial charge in [-0.3, -0.25) is 9.88 Å². The molecule has 1 saturated heterocycles. The summed E-state index contributed by atoms with van der Waals surface area (Å²) in [5.74, 6) is 0. The van der Waals surface area contributed by atoms with Gasteiger partial charge in [-0.1, -0.05) is 22.0 Å². The van der Waals surface area contributed by atoms with Crippen LogP contribution in [0.2, 0.25) is 0 Å². The van der Waals surface area contributed by atoms with Gasteiger partial charge in [-0.15, -0.1) is 0 Å². The predicted molar refractivity (Wildman–Crippen MR) is 67.6 cm³/mol. The standard InChI is InChI=1S/C12H17BrN2O/c1-10-9-16-12(5-13)8-15(10)7-11-3-2-4-14-6-11/h2-4,6,10,12H,5,7-9H2,1H3. The van der Waals surface area contributed by atoms with Crippen molar-refractivity contribution in [1.29, 1.82) is 0 Å². The number of aromatic nitrogens is 1. The summed E-state index contributed by atoms with van der Waals surface area (Å²) in [6, 6.07) is 4.59. The molecule has 2 heterocycles. The minimum Gasteiger partial charge on any atom is -0.374 e. The number of nitrogens with zero attached hydrogens (tertiary/aromatic N) is 2. The minimum atomic E-state index is 0.313. The smallest absolute Gasteiger partial charge is 0.0799 e. The number of rotatable bonds is 3. The Kier molecular flexibility index (Phi) is 4.32. The van der Waals surface area contributed by atoms with E-state index in [0.29, 0.717) is 12.1 Å². The number of hydrogen-bond acceptors (Lipinski definition) is 3. The molecule has 0 amide bonds. The molecule has 3 nitrogen and oxygen atoms in total. The van der Waals surface area contributed by atoms with Crippen LogP contribution in [0.25, 0.3) is 0 Å². The lowest BCUT2D eigenvalue weighted by atomic mass is 10.1. The van der Waals surface area contributed by atoms with Crippen LogP contribution in [-0.2, 0) is 11.3 Å². The van der Waals surface area contributed by atoms with Crippen molar-refractivity contribution in [2.45, 2.75) is 25.6 Å². The number of alkyl halides is 1. The molecule has 2 unspecified atom stereocenters. The van der Waals surface area contributed by atoms with Gasteiger partial charge in [0.1, 0.15) is 0 Å². The van der Waals surface area contributed by atoms with E-state index in [1.807, 2.05) is 18.5 Å². The van der Waals surface area contributed by atoms with Crippen LogP contribution in [0, 0.1) is 0 Å². The van der Waals surface area contributed by atoms with Gasteiger partial charge in [0.2, 0.25) is 0 Å². The predicted octanol–water partition coefficient (Wildman–Crippen LogP) is 2.07. The van der Waals surface area contributed by atoms with Gasteiger partial charge >= 0.3 is 0 Å². The van der Waals surface area contributed by atoms with E-state index >= 15 is 0 Å². The molecule has 2 atom stereocenters. The normalized spacial score (nSPS) is 26.9. The Morgan fingerprint density at radius 3 is 3.19 bits per heavy atom. The fraction of sp³-hybridized carbons (Fsp3) is 0.583. The average molecular weight is 285 g/mol. The molecule has 2 rings (SSSR count). The third-order valence-corrected chi connectivity index (χ3v) is 3.64. The zero-order chi connectivity index (χ0) is 11.4. The van der Waals surface area contributed by atoms with Gasteiger partial charge in [0.05, 0.1) is 12.7 Å². The first kappa shape index (κ1) is 12.0. The molecule has 1 fully saturated rings. The summed E-state index contributed by atoms with van der Waals surface area (Å²) in [7, 11) is 0. The molecule has 88 valence electrons. The summed E-state index contributed by atoms with van der Waals surface area (Å²) in [4.78, 5) is 6.60. The number of morpholine rings is 1. The summed E-state index contributed by atoms with van der Waals surface area (Å²) in [6.07, 6.45) is 4.06. The first-order chi connectivity index (χ1) is 7.79. The Morgan fingerprint density at radius 1 is 1.62 bits per heavy atom. The van der Waals surface area contributed by atoms with E-state index in [1.165, 1.54) is 5.56 Å². The molecule has 1 aliphatic heterocycles. The maximum atomic E-state index is 5.70. The van der Waals surface area contributed by atoms with Crippen LogP contribution in [-0.4, -0.2) is 40.5 Å². The number of halogens is 1. The summed E-state index contributed by atoms with van der Waals surface area (Å²) in [5, 5.41) is 0.906. The minimum absolute atomic E-state index is 0.313.